The first-order valence-corrected chi connectivity index (χ1v) is 24.8. The van der Waals surface area contributed by atoms with Gasteiger partial charge in [-0.3, -0.25) is 19.2 Å². The number of nitrogens with one attached hydrogen (secondary N) is 1. The number of esters is 1. The Morgan fingerprint density at radius 2 is 1.51 bits per heavy atom. The number of methoxy groups -OCH3 is 1. The van der Waals surface area contributed by atoms with Crippen LogP contribution in [0.1, 0.15) is 112 Å². The summed E-state index contributed by atoms with van der Waals surface area (Å²) in [5.41, 5.74) is -4.73. The number of cyclic esters (lactones) is 1. The molecule has 0 aliphatic carbocycles. The van der Waals surface area contributed by atoms with Gasteiger partial charge in [0.2, 0.25) is 11.0 Å². The van der Waals surface area contributed by atoms with Gasteiger partial charge in [0.25, 0.3) is 0 Å². The molecular weight excluding hydrogens is 969 g/mol. The molecule has 0 saturated carbocycles. The molecule has 3 saturated heterocycles. The molecule has 0 bridgehead atoms. The maximum Gasteiger partial charge on any atom is 0.327 e. The Kier molecular flexibility index (Phi) is 25.8. The monoisotopic (exact) mass is 1050 g/mol. The van der Waals surface area contributed by atoms with Gasteiger partial charge in [0.05, 0.1) is 53.2 Å². The first-order chi connectivity index (χ1) is 32.3. The lowest BCUT2D eigenvalue weighted by Gasteiger charge is -2.49. The van der Waals surface area contributed by atoms with Gasteiger partial charge in [-0.15, -0.1) is 0 Å². The predicted octanol–water partition coefficient (Wildman–Crippen LogP) is 0.991. The van der Waals surface area contributed by atoms with Gasteiger partial charge in [-0.1, -0.05) is 51.6 Å². The van der Waals surface area contributed by atoms with Crippen molar-refractivity contribution >= 4 is 40.5 Å². The number of thioether (sulfide) groups is 1. The number of phenols is 1. The van der Waals surface area contributed by atoms with Crippen molar-refractivity contribution in [1.82, 2.24) is 10.2 Å². The van der Waals surface area contributed by atoms with Crippen molar-refractivity contribution in [3.63, 3.8) is 0 Å². The molecule has 3 aliphatic heterocycles. The number of likely N-dealkylation sites (N-methyl/N-ethyl adjacent to an activating group) is 1. The first-order valence-electron chi connectivity index (χ1n) is 23.9. The van der Waals surface area contributed by atoms with Gasteiger partial charge in [-0.05, 0) is 87.0 Å². The van der Waals surface area contributed by atoms with Gasteiger partial charge in [0.15, 0.2) is 12.6 Å². The average Bonchev–Trinajstić information content (AvgIpc) is 3.28. The van der Waals surface area contributed by atoms with Gasteiger partial charge in [0.1, 0.15) is 41.5 Å². The number of rotatable bonds is 12. The number of aliphatic hydroxyl groups excluding tert-OH is 3. The zero-order valence-corrected chi connectivity index (χ0v) is 44.9. The Morgan fingerprint density at radius 1 is 0.917 bits per heavy atom. The number of ether oxygens (including phenoxy) is 6. The minimum atomic E-state index is -1.99. The fourth-order valence-electron chi connectivity index (χ4n) is 9.71. The van der Waals surface area contributed by atoms with E-state index in [4.69, 9.17) is 33.5 Å². The highest BCUT2D eigenvalue weighted by molar-refractivity contribution is 8.14. The third-order valence-corrected chi connectivity index (χ3v) is 15.0. The zero-order valence-electron chi connectivity index (χ0n) is 44.1. The van der Waals surface area contributed by atoms with E-state index in [0.717, 1.165) is 11.8 Å². The summed E-state index contributed by atoms with van der Waals surface area (Å²) in [4.78, 5) is 63.2. The van der Waals surface area contributed by atoms with Crippen LogP contribution in [-0.4, -0.2) is 198 Å². The molecule has 22 nitrogen and oxygen atoms in total. The Balaban J connectivity index is 0.00000104. The highest BCUT2D eigenvalue weighted by Gasteiger charge is 2.53. The van der Waals surface area contributed by atoms with E-state index >= 15 is 0 Å². The molecule has 3 aliphatic rings. The van der Waals surface area contributed by atoms with Crippen LogP contribution in [0.5, 0.6) is 5.75 Å². The van der Waals surface area contributed by atoms with Crippen molar-refractivity contribution in [3.05, 3.63) is 29.8 Å². The fraction of sp³-hybridized carbons (Fsp3) is 0.776. The molecule has 1 amide bonds. The van der Waals surface area contributed by atoms with Gasteiger partial charge >= 0.3 is 11.9 Å². The Labute approximate surface area is 427 Å². The van der Waals surface area contributed by atoms with Crippen molar-refractivity contribution in [2.75, 3.05) is 27.0 Å². The van der Waals surface area contributed by atoms with Crippen LogP contribution < -0.4 is 5.32 Å². The zero-order chi connectivity index (χ0) is 53.4. The van der Waals surface area contributed by atoms with E-state index in [1.807, 2.05) is 25.9 Å². The summed E-state index contributed by atoms with van der Waals surface area (Å²) in [5, 5.41) is 77.7. The molecule has 0 spiro atoms. The molecule has 23 heteroatoms. The predicted molar refractivity (Wildman–Crippen MR) is 264 cm³/mol. The van der Waals surface area contributed by atoms with E-state index in [9.17, 15) is 54.6 Å². The minimum absolute atomic E-state index is 0. The second kappa shape index (κ2) is 27.9. The van der Waals surface area contributed by atoms with Crippen molar-refractivity contribution < 1.29 is 99.1 Å². The second-order valence-corrected chi connectivity index (χ2v) is 21.2. The Morgan fingerprint density at radius 3 is 2.04 bits per heavy atom. The lowest BCUT2D eigenvalue weighted by atomic mass is 9.74. The highest BCUT2D eigenvalue weighted by atomic mass is 32.2. The molecule has 416 valence electrons. The SMILES string of the molecule is CC(=O)N[C@@H](CSC(=O)c1ccccc1O)C(=O)O.CC[C@H]1OC(=O)[C@H](C)[C@@H](O[C@H]2C[C@@](C)(OC)[C@@H](O)[C@H](C)O2)[C@H](C)[C@@H](O[C@@H]2O[C@H](C)C[C@H](N(C)C)[C@H]2O)[C@](C)(O)C[C@@H](C)C(=O)[C@H](C)[C@@H](O)[C@]1(C)O.O.O. The number of Topliss-reactive ketones (excluding diaryl/α,β-unsaturated/α-hetero) is 1. The number of phenolic OH excluding ortho intramolecular Hbond substituents is 1. The van der Waals surface area contributed by atoms with Gasteiger partial charge < -0.3 is 85.3 Å². The summed E-state index contributed by atoms with van der Waals surface area (Å²) in [6, 6.07) is 4.52. The topological polar surface area (TPSA) is 361 Å². The summed E-state index contributed by atoms with van der Waals surface area (Å²) >= 11 is 0.728. The summed E-state index contributed by atoms with van der Waals surface area (Å²) in [6.45, 7) is 17.5. The van der Waals surface area contributed by atoms with E-state index < -0.39 is 131 Å². The Hall–Kier alpha value is -3.40. The molecule has 0 aromatic heterocycles. The molecule has 72 heavy (non-hydrogen) atoms. The summed E-state index contributed by atoms with van der Waals surface area (Å²) in [6.07, 6.45) is -9.71. The number of hydrogen-bond acceptors (Lipinski definition) is 19. The van der Waals surface area contributed by atoms with Crippen molar-refractivity contribution in [3.8, 4) is 5.75 Å². The number of nitrogens with zero attached hydrogens (tertiary/aromatic N) is 1. The fourth-order valence-corrected chi connectivity index (χ4v) is 10.6. The number of carbonyl (C=O) groups is 5. The number of carbonyl (C=O) groups excluding carboxylic acids is 4. The summed E-state index contributed by atoms with van der Waals surface area (Å²) in [5.74, 6) is -6.94. The largest absolute Gasteiger partial charge is 0.507 e. The molecule has 1 aromatic rings. The van der Waals surface area contributed by atoms with Crippen LogP contribution in [0.25, 0.3) is 0 Å². The van der Waals surface area contributed by atoms with E-state index in [1.54, 1.807) is 53.7 Å². The van der Waals surface area contributed by atoms with E-state index in [2.05, 4.69) is 5.32 Å². The normalized spacial score (nSPS) is 38.3. The number of benzene rings is 1. The van der Waals surface area contributed by atoms with E-state index in [0.29, 0.717) is 6.42 Å². The Bertz CT molecular complexity index is 1920. The van der Waals surface area contributed by atoms with Crippen LogP contribution in [0.3, 0.4) is 0 Å². The van der Waals surface area contributed by atoms with Crippen LogP contribution in [0, 0.1) is 23.7 Å². The van der Waals surface area contributed by atoms with E-state index in [-0.39, 0.29) is 59.4 Å². The van der Waals surface area contributed by atoms with Gasteiger partial charge in [-0.2, -0.15) is 0 Å². The number of carboxylic acid groups (broad SMARTS) is 1. The number of aromatic hydroxyl groups is 1. The lowest BCUT2D eigenvalue weighted by Crippen LogP contribution is -2.61. The molecule has 1 aromatic carbocycles. The number of ketones is 1. The number of carboxylic acids is 1. The first kappa shape index (κ1) is 66.6. The third-order valence-electron chi connectivity index (χ3n) is 14.0. The smallest absolute Gasteiger partial charge is 0.327 e. The maximum atomic E-state index is 14.1. The van der Waals surface area contributed by atoms with Crippen LogP contribution in [-0.2, 0) is 47.6 Å². The van der Waals surface area contributed by atoms with Crippen LogP contribution in [0.4, 0.5) is 0 Å². The molecule has 3 fully saturated rings. The number of aliphatic carboxylic acids is 1. The summed E-state index contributed by atoms with van der Waals surface area (Å²) < 4.78 is 37.1. The van der Waals surface area contributed by atoms with Crippen molar-refractivity contribution in [1.29, 1.82) is 0 Å². The number of amides is 1. The highest BCUT2D eigenvalue weighted by Crippen LogP contribution is 2.41. The second-order valence-electron chi connectivity index (χ2n) is 20.2. The molecule has 3 heterocycles. The lowest BCUT2D eigenvalue weighted by molar-refractivity contribution is -0.318. The van der Waals surface area contributed by atoms with Crippen LogP contribution in [0.15, 0.2) is 24.3 Å². The number of aliphatic hydroxyl groups is 5. The third kappa shape index (κ3) is 16.5. The molecule has 0 unspecified atom stereocenters. The number of hydrogen-bond donors (Lipinski definition) is 8. The molecular formula is C49H84N2O20S. The van der Waals surface area contributed by atoms with Crippen LogP contribution >= 0.6 is 11.8 Å². The quantitative estimate of drug-likeness (QED) is 0.135. The van der Waals surface area contributed by atoms with Gasteiger partial charge in [-0.25, -0.2) is 4.79 Å². The summed E-state index contributed by atoms with van der Waals surface area (Å²) in [7, 11) is 5.18. The minimum Gasteiger partial charge on any atom is -0.507 e. The van der Waals surface area contributed by atoms with Crippen molar-refractivity contribution in [2.45, 2.75) is 192 Å². The van der Waals surface area contributed by atoms with Gasteiger partial charge in [0, 0.05) is 50.0 Å². The van der Waals surface area contributed by atoms with Crippen LogP contribution in [0.2, 0.25) is 0 Å². The molecule has 4 rings (SSSR count). The molecule has 19 atom stereocenters. The van der Waals surface area contributed by atoms with E-state index in [1.165, 1.54) is 46.9 Å². The van der Waals surface area contributed by atoms with Crippen molar-refractivity contribution in [2.24, 2.45) is 23.7 Å². The standard InChI is InChI=1S/C37H67NO13.C12H13NO5S.2H2O/c1-14-25-37(10,45)30(41)20(4)27(39)18(2)16-35(8,44)32(51-34-28(40)24(38(11)12)15-19(3)47-34)21(5)29(22(6)33(43)49-25)50-26-17-36(9,46-13)31(42)23(7)48-26;1-7(14)13-9(11(16)17)6-19-12(18)8-4-2-3-5-10(8)15;;/h18-26,28-32,34,40-42,44-45H,14-17H2,1-13H3;2-5,9,15H,6H2,1H3,(H,13,14)(H,16,17);2*1H2/t18-,19-,20+,21+,22-,23+,24+,25-,26+,28-,29+,30-,31+,32-,34+,35-,36-,37-;9-;;/m10../s1. The number of para-hydroxylation sites is 1. The molecule has 12 N–H and O–H groups in total. The average molecular weight is 1050 g/mol. The maximum absolute atomic E-state index is 14.1. The molecule has 0 radical (unpaired) electrons.